The molecule has 192 valence electrons. The molecule has 0 saturated carbocycles. The van der Waals surface area contributed by atoms with Crippen molar-refractivity contribution in [1.82, 2.24) is 4.90 Å². The lowest BCUT2D eigenvalue weighted by Gasteiger charge is -2.29. The van der Waals surface area contributed by atoms with Crippen LogP contribution in [0.1, 0.15) is 37.7 Å². The van der Waals surface area contributed by atoms with Crippen molar-refractivity contribution in [2.45, 2.75) is 55.7 Å². The largest absolute Gasteiger partial charge is 0.489 e. The molecule has 37 heavy (non-hydrogen) atoms. The molecule has 1 aromatic heterocycles. The SMILES string of the molecule is CC(C)(C)OC(=O)N1CCc2c(oc3cc(S(=O)(=O)c4cccc(OCc5ccccc5)c4)ccc23)C1. The Morgan fingerprint density at radius 2 is 1.73 bits per heavy atom. The molecule has 0 spiro atoms. The van der Waals surface area contributed by atoms with Crippen LogP contribution in [0.25, 0.3) is 11.0 Å². The minimum absolute atomic E-state index is 0.135. The third-order valence-corrected chi connectivity index (χ3v) is 7.89. The van der Waals surface area contributed by atoms with Gasteiger partial charge in [-0.25, -0.2) is 13.2 Å². The monoisotopic (exact) mass is 519 g/mol. The summed E-state index contributed by atoms with van der Waals surface area (Å²) in [6, 6.07) is 21.1. The van der Waals surface area contributed by atoms with Crippen LogP contribution in [0.2, 0.25) is 0 Å². The Labute approximate surface area is 216 Å². The lowest BCUT2D eigenvalue weighted by molar-refractivity contribution is 0.0210. The maximum atomic E-state index is 13.5. The fraction of sp³-hybridized carbons (Fsp3) is 0.276. The number of sulfone groups is 1. The Morgan fingerprint density at radius 1 is 0.973 bits per heavy atom. The highest BCUT2D eigenvalue weighted by atomic mass is 32.2. The van der Waals surface area contributed by atoms with Gasteiger partial charge in [-0.2, -0.15) is 0 Å². The van der Waals surface area contributed by atoms with Crippen molar-refractivity contribution < 1.29 is 27.1 Å². The third kappa shape index (κ3) is 5.34. The van der Waals surface area contributed by atoms with E-state index in [4.69, 9.17) is 13.9 Å². The zero-order chi connectivity index (χ0) is 26.2. The number of nitrogens with zero attached hydrogens (tertiary/aromatic N) is 1. The number of fused-ring (bicyclic) bond motifs is 3. The number of benzene rings is 3. The molecule has 4 aromatic rings. The van der Waals surface area contributed by atoms with Gasteiger partial charge in [0.1, 0.15) is 29.3 Å². The fourth-order valence-corrected chi connectivity index (χ4v) is 5.65. The molecule has 1 amide bonds. The molecule has 0 N–H and O–H groups in total. The summed E-state index contributed by atoms with van der Waals surface area (Å²) in [6.45, 7) is 6.61. The van der Waals surface area contributed by atoms with Crippen LogP contribution in [0.15, 0.2) is 87.0 Å². The Hall–Kier alpha value is -3.78. The molecular weight excluding hydrogens is 490 g/mol. The maximum absolute atomic E-state index is 13.5. The minimum Gasteiger partial charge on any atom is -0.489 e. The summed E-state index contributed by atoms with van der Waals surface area (Å²) in [5.41, 5.74) is 1.88. The first-order valence-corrected chi connectivity index (χ1v) is 13.6. The first-order valence-electron chi connectivity index (χ1n) is 12.1. The molecule has 3 aromatic carbocycles. The van der Waals surface area contributed by atoms with Crippen molar-refractivity contribution in [3.8, 4) is 5.75 Å². The second-order valence-electron chi connectivity index (χ2n) is 10.1. The molecule has 0 fully saturated rings. The van der Waals surface area contributed by atoms with Gasteiger partial charge in [0.2, 0.25) is 9.84 Å². The predicted molar refractivity (Wildman–Crippen MR) is 139 cm³/mol. The van der Waals surface area contributed by atoms with Crippen molar-refractivity contribution in [3.63, 3.8) is 0 Å². The topological polar surface area (TPSA) is 86.0 Å². The van der Waals surface area contributed by atoms with E-state index < -0.39 is 21.5 Å². The first kappa shape index (κ1) is 24.9. The first-order chi connectivity index (χ1) is 17.6. The van der Waals surface area contributed by atoms with Crippen molar-refractivity contribution in [2.24, 2.45) is 0 Å². The lowest BCUT2D eigenvalue weighted by Crippen LogP contribution is -2.39. The van der Waals surface area contributed by atoms with Gasteiger partial charge in [0, 0.05) is 23.6 Å². The van der Waals surface area contributed by atoms with Crippen LogP contribution >= 0.6 is 0 Å². The lowest BCUT2D eigenvalue weighted by atomic mass is 10.0. The molecule has 7 nitrogen and oxygen atoms in total. The summed E-state index contributed by atoms with van der Waals surface area (Å²) in [5, 5.41) is 0.859. The van der Waals surface area contributed by atoms with Crippen LogP contribution in [0.3, 0.4) is 0 Å². The van der Waals surface area contributed by atoms with Gasteiger partial charge in [0.25, 0.3) is 0 Å². The number of rotatable bonds is 5. The molecule has 0 radical (unpaired) electrons. The number of carbonyl (C=O) groups excluding carboxylic acids is 1. The van der Waals surface area contributed by atoms with Crippen LogP contribution in [0.5, 0.6) is 5.75 Å². The second kappa shape index (κ2) is 9.59. The van der Waals surface area contributed by atoms with Gasteiger partial charge in [-0.1, -0.05) is 36.4 Å². The standard InChI is InChI=1S/C29H29NO6S/c1-29(2,3)36-28(31)30-15-14-25-24-13-12-23(17-26(24)35-27(25)18-30)37(32,33)22-11-7-10-21(16-22)34-19-20-8-5-4-6-9-20/h4-13,16-17H,14-15,18-19H2,1-3H3. The summed E-state index contributed by atoms with van der Waals surface area (Å²) >= 11 is 0. The molecule has 0 unspecified atom stereocenters. The number of carbonyl (C=O) groups is 1. The molecule has 0 bridgehead atoms. The minimum atomic E-state index is -3.81. The van der Waals surface area contributed by atoms with E-state index in [0.717, 1.165) is 16.5 Å². The van der Waals surface area contributed by atoms with Gasteiger partial charge in [0.05, 0.1) is 16.3 Å². The molecule has 0 saturated heterocycles. The molecule has 0 atom stereocenters. The normalized spacial score (nSPS) is 13.9. The van der Waals surface area contributed by atoms with E-state index in [1.165, 1.54) is 6.07 Å². The van der Waals surface area contributed by atoms with E-state index in [1.54, 1.807) is 41.3 Å². The van der Waals surface area contributed by atoms with Gasteiger partial charge < -0.3 is 18.8 Å². The average Bonchev–Trinajstić information content (AvgIpc) is 3.24. The fourth-order valence-electron chi connectivity index (χ4n) is 4.34. The van der Waals surface area contributed by atoms with Crippen molar-refractivity contribution >= 4 is 26.9 Å². The number of hydrogen-bond donors (Lipinski definition) is 0. The van der Waals surface area contributed by atoms with Crippen LogP contribution in [0.4, 0.5) is 4.79 Å². The quantitative estimate of drug-likeness (QED) is 0.315. The van der Waals surface area contributed by atoms with Gasteiger partial charge in [-0.3, -0.25) is 0 Å². The second-order valence-corrected chi connectivity index (χ2v) is 12.0. The van der Waals surface area contributed by atoms with Crippen LogP contribution < -0.4 is 4.74 Å². The zero-order valence-electron chi connectivity index (χ0n) is 21.1. The van der Waals surface area contributed by atoms with Crippen LogP contribution in [-0.4, -0.2) is 31.6 Å². The molecule has 1 aliphatic rings. The van der Waals surface area contributed by atoms with E-state index in [1.807, 2.05) is 51.1 Å². The molecule has 1 aliphatic heterocycles. The van der Waals surface area contributed by atoms with E-state index in [0.29, 0.717) is 36.7 Å². The smallest absolute Gasteiger partial charge is 0.410 e. The zero-order valence-corrected chi connectivity index (χ0v) is 21.9. The summed E-state index contributed by atoms with van der Waals surface area (Å²) in [4.78, 5) is 14.4. The highest BCUT2D eigenvalue weighted by molar-refractivity contribution is 7.91. The van der Waals surface area contributed by atoms with Gasteiger partial charge in [0.15, 0.2) is 0 Å². The Bertz CT molecular complexity index is 1550. The number of ether oxygens (including phenoxy) is 2. The number of hydrogen-bond acceptors (Lipinski definition) is 6. The molecular formula is C29H29NO6S. The highest BCUT2D eigenvalue weighted by Crippen LogP contribution is 2.34. The summed E-state index contributed by atoms with van der Waals surface area (Å²) in [6.07, 6.45) is 0.213. The van der Waals surface area contributed by atoms with E-state index in [9.17, 15) is 13.2 Å². The van der Waals surface area contributed by atoms with Gasteiger partial charge >= 0.3 is 6.09 Å². The van der Waals surface area contributed by atoms with E-state index >= 15 is 0 Å². The number of furan rings is 1. The molecule has 2 heterocycles. The highest BCUT2D eigenvalue weighted by Gasteiger charge is 2.29. The summed E-state index contributed by atoms with van der Waals surface area (Å²) in [5.74, 6) is 1.12. The number of amides is 1. The Kier molecular flexibility index (Phi) is 6.45. The molecule has 8 heteroatoms. The van der Waals surface area contributed by atoms with Crippen LogP contribution in [0, 0.1) is 0 Å². The van der Waals surface area contributed by atoms with E-state index in [2.05, 4.69) is 0 Å². The predicted octanol–water partition coefficient (Wildman–Crippen LogP) is 6.14. The van der Waals surface area contributed by atoms with Crippen molar-refractivity contribution in [3.05, 3.63) is 89.7 Å². The van der Waals surface area contributed by atoms with E-state index in [-0.39, 0.29) is 16.3 Å². The Balaban J connectivity index is 1.38. The average molecular weight is 520 g/mol. The van der Waals surface area contributed by atoms with Crippen molar-refractivity contribution in [2.75, 3.05) is 6.54 Å². The Morgan fingerprint density at radius 3 is 2.49 bits per heavy atom. The van der Waals surface area contributed by atoms with Crippen molar-refractivity contribution in [1.29, 1.82) is 0 Å². The summed E-state index contributed by atoms with van der Waals surface area (Å²) in [7, 11) is -3.81. The molecule has 0 aliphatic carbocycles. The van der Waals surface area contributed by atoms with Crippen LogP contribution in [-0.2, 0) is 34.1 Å². The summed E-state index contributed by atoms with van der Waals surface area (Å²) < 4.78 is 44.3. The molecule has 5 rings (SSSR count). The van der Waals surface area contributed by atoms with Gasteiger partial charge in [-0.15, -0.1) is 0 Å². The maximum Gasteiger partial charge on any atom is 0.410 e. The third-order valence-electron chi connectivity index (χ3n) is 6.14. The van der Waals surface area contributed by atoms with Gasteiger partial charge in [-0.05, 0) is 63.1 Å².